The van der Waals surface area contributed by atoms with Gasteiger partial charge in [0.2, 0.25) is 0 Å². The second kappa shape index (κ2) is 5.85. The highest BCUT2D eigenvalue weighted by atomic mass is 79.9. The highest BCUT2D eigenvalue weighted by Gasteiger charge is 2.21. The largest absolute Gasteiger partial charge is 0.497 e. The number of carbonyl (C=O) groups is 1. The molecule has 20 heavy (non-hydrogen) atoms. The fourth-order valence-electron chi connectivity index (χ4n) is 2.01. The molecule has 0 aliphatic carbocycles. The minimum absolute atomic E-state index is 0.187. The van der Waals surface area contributed by atoms with Crippen molar-refractivity contribution in [1.82, 2.24) is 0 Å². The number of anilines is 1. The van der Waals surface area contributed by atoms with Crippen LogP contribution in [0.4, 0.5) is 5.69 Å². The number of thiophene rings is 1. The van der Waals surface area contributed by atoms with Crippen LogP contribution >= 0.6 is 27.3 Å². The summed E-state index contributed by atoms with van der Waals surface area (Å²) in [5.74, 6) is -0.276. The van der Waals surface area contributed by atoms with Crippen LogP contribution in [0, 0.1) is 0 Å². The molecule has 1 aromatic heterocycles. The lowest BCUT2D eigenvalue weighted by Crippen LogP contribution is -1.99. The normalized spacial score (nSPS) is 10.6. The summed E-state index contributed by atoms with van der Waals surface area (Å²) < 4.78 is 6.11. The quantitative estimate of drug-likeness (QED) is 0.868. The van der Waals surface area contributed by atoms with Crippen LogP contribution in [0.5, 0.6) is 5.75 Å². The number of hydrogen-bond acceptors (Lipinski definition) is 4. The standard InChI is InChI=1S/C14H14BrNO3S/c1-3-8-11(16)13(14(17)18)20-12(8)9-6-7(19-2)4-5-10(9)15/h4-6H,3,16H2,1-2H3,(H,17,18). The van der Waals surface area contributed by atoms with Gasteiger partial charge in [-0.15, -0.1) is 11.3 Å². The first kappa shape index (κ1) is 14.9. The van der Waals surface area contributed by atoms with Crippen molar-refractivity contribution in [3.05, 3.63) is 33.1 Å². The van der Waals surface area contributed by atoms with Crippen LogP contribution in [-0.2, 0) is 6.42 Å². The van der Waals surface area contributed by atoms with Crippen molar-refractivity contribution in [2.75, 3.05) is 12.8 Å². The number of ether oxygens (including phenoxy) is 1. The number of rotatable bonds is 4. The van der Waals surface area contributed by atoms with E-state index in [0.29, 0.717) is 17.9 Å². The molecule has 1 heterocycles. The van der Waals surface area contributed by atoms with Gasteiger partial charge in [0.25, 0.3) is 0 Å². The number of aromatic carboxylic acids is 1. The Balaban J connectivity index is 2.69. The minimum atomic E-state index is -0.993. The lowest BCUT2D eigenvalue weighted by Gasteiger charge is -2.08. The second-order valence-electron chi connectivity index (χ2n) is 4.16. The van der Waals surface area contributed by atoms with E-state index >= 15 is 0 Å². The Morgan fingerprint density at radius 2 is 2.20 bits per heavy atom. The van der Waals surface area contributed by atoms with E-state index in [9.17, 15) is 9.90 Å². The first-order valence-corrected chi connectivity index (χ1v) is 7.58. The van der Waals surface area contributed by atoms with Crippen molar-refractivity contribution in [3.8, 4) is 16.2 Å². The zero-order valence-electron chi connectivity index (χ0n) is 11.1. The lowest BCUT2D eigenvalue weighted by atomic mass is 10.1. The molecule has 0 saturated carbocycles. The van der Waals surface area contributed by atoms with Gasteiger partial charge in [0, 0.05) is 14.9 Å². The fourth-order valence-corrected chi connectivity index (χ4v) is 3.77. The molecule has 0 aliphatic heterocycles. The molecule has 4 nitrogen and oxygen atoms in total. The summed E-state index contributed by atoms with van der Waals surface area (Å²) in [4.78, 5) is 12.3. The third-order valence-corrected chi connectivity index (χ3v) is 4.97. The summed E-state index contributed by atoms with van der Waals surface area (Å²) in [6.45, 7) is 1.96. The predicted molar refractivity (Wildman–Crippen MR) is 84.8 cm³/mol. The molecule has 6 heteroatoms. The maximum Gasteiger partial charge on any atom is 0.348 e. The Bertz CT molecular complexity index is 667. The van der Waals surface area contributed by atoms with Crippen LogP contribution in [-0.4, -0.2) is 18.2 Å². The van der Waals surface area contributed by atoms with Crippen LogP contribution < -0.4 is 10.5 Å². The van der Waals surface area contributed by atoms with E-state index in [0.717, 1.165) is 20.5 Å². The van der Waals surface area contributed by atoms with E-state index < -0.39 is 5.97 Å². The molecule has 0 spiro atoms. The molecule has 1 aromatic carbocycles. The van der Waals surface area contributed by atoms with E-state index in [4.69, 9.17) is 10.5 Å². The van der Waals surface area contributed by atoms with E-state index in [-0.39, 0.29) is 4.88 Å². The summed E-state index contributed by atoms with van der Waals surface area (Å²) in [5, 5.41) is 9.21. The van der Waals surface area contributed by atoms with Crippen LogP contribution in [0.3, 0.4) is 0 Å². The number of carboxylic acid groups (broad SMARTS) is 1. The average Bonchev–Trinajstić information content (AvgIpc) is 2.76. The van der Waals surface area contributed by atoms with Crippen molar-refractivity contribution >= 4 is 38.9 Å². The maximum absolute atomic E-state index is 11.2. The van der Waals surface area contributed by atoms with Gasteiger partial charge in [0.1, 0.15) is 10.6 Å². The van der Waals surface area contributed by atoms with Gasteiger partial charge in [-0.1, -0.05) is 22.9 Å². The van der Waals surface area contributed by atoms with Gasteiger partial charge in [-0.25, -0.2) is 4.79 Å². The third kappa shape index (κ3) is 2.53. The fraction of sp³-hybridized carbons (Fsp3) is 0.214. The number of halogens is 1. The van der Waals surface area contributed by atoms with Crippen molar-refractivity contribution in [1.29, 1.82) is 0 Å². The second-order valence-corrected chi connectivity index (χ2v) is 6.03. The van der Waals surface area contributed by atoms with Crippen molar-refractivity contribution in [2.45, 2.75) is 13.3 Å². The average molecular weight is 356 g/mol. The van der Waals surface area contributed by atoms with Gasteiger partial charge in [-0.3, -0.25) is 0 Å². The van der Waals surface area contributed by atoms with Crippen molar-refractivity contribution in [3.63, 3.8) is 0 Å². The van der Waals surface area contributed by atoms with Gasteiger partial charge >= 0.3 is 5.97 Å². The lowest BCUT2D eigenvalue weighted by molar-refractivity contribution is 0.0703. The molecule has 0 amide bonds. The van der Waals surface area contributed by atoms with E-state index in [1.165, 1.54) is 11.3 Å². The Morgan fingerprint density at radius 3 is 2.75 bits per heavy atom. The van der Waals surface area contributed by atoms with E-state index in [2.05, 4.69) is 15.9 Å². The summed E-state index contributed by atoms with van der Waals surface area (Å²) in [5.41, 5.74) is 8.07. The first-order valence-electron chi connectivity index (χ1n) is 5.97. The zero-order valence-corrected chi connectivity index (χ0v) is 13.5. The SMILES string of the molecule is CCc1c(-c2cc(OC)ccc2Br)sc(C(=O)O)c1N. The van der Waals surface area contributed by atoms with Crippen LogP contribution in [0.2, 0.25) is 0 Å². The van der Waals surface area contributed by atoms with E-state index in [1.807, 2.05) is 25.1 Å². The summed E-state index contributed by atoms with van der Waals surface area (Å²) in [6, 6.07) is 5.60. The van der Waals surface area contributed by atoms with Crippen LogP contribution in [0.25, 0.3) is 10.4 Å². The summed E-state index contributed by atoms with van der Waals surface area (Å²) >= 11 is 4.69. The Morgan fingerprint density at radius 1 is 1.50 bits per heavy atom. The molecule has 3 N–H and O–H groups in total. The highest BCUT2D eigenvalue weighted by molar-refractivity contribution is 9.10. The summed E-state index contributed by atoms with van der Waals surface area (Å²) in [6.07, 6.45) is 0.675. The number of carboxylic acids is 1. The Hall–Kier alpha value is -1.53. The number of benzene rings is 1. The van der Waals surface area contributed by atoms with Crippen molar-refractivity contribution < 1.29 is 14.6 Å². The van der Waals surface area contributed by atoms with Gasteiger partial charge in [-0.05, 0) is 30.2 Å². The molecular weight excluding hydrogens is 342 g/mol. The zero-order chi connectivity index (χ0) is 14.9. The third-order valence-electron chi connectivity index (χ3n) is 3.01. The van der Waals surface area contributed by atoms with E-state index in [1.54, 1.807) is 7.11 Å². The molecule has 0 aliphatic rings. The molecule has 2 aromatic rings. The Labute approximate surface area is 129 Å². The predicted octanol–water partition coefficient (Wildman–Crippen LogP) is 4.03. The van der Waals surface area contributed by atoms with Crippen LogP contribution in [0.1, 0.15) is 22.2 Å². The number of nitrogen functional groups attached to an aromatic ring is 1. The number of nitrogens with two attached hydrogens (primary N) is 1. The molecule has 0 bridgehead atoms. The van der Waals surface area contributed by atoms with Crippen LogP contribution in [0.15, 0.2) is 22.7 Å². The highest BCUT2D eigenvalue weighted by Crippen LogP contribution is 2.42. The van der Waals surface area contributed by atoms with Gasteiger partial charge < -0.3 is 15.6 Å². The maximum atomic E-state index is 11.2. The molecule has 106 valence electrons. The topological polar surface area (TPSA) is 72.5 Å². The molecule has 0 atom stereocenters. The van der Waals surface area contributed by atoms with Crippen molar-refractivity contribution in [2.24, 2.45) is 0 Å². The monoisotopic (exact) mass is 355 g/mol. The number of methoxy groups -OCH3 is 1. The molecule has 0 saturated heterocycles. The summed E-state index contributed by atoms with van der Waals surface area (Å²) in [7, 11) is 1.60. The minimum Gasteiger partial charge on any atom is -0.497 e. The number of hydrogen-bond donors (Lipinski definition) is 2. The smallest absolute Gasteiger partial charge is 0.348 e. The Kier molecular flexibility index (Phi) is 4.35. The molecule has 0 radical (unpaired) electrons. The molecule has 0 fully saturated rings. The molecule has 0 unspecified atom stereocenters. The molecule has 2 rings (SSSR count). The van der Waals surface area contributed by atoms with Gasteiger partial charge in [0.05, 0.1) is 12.8 Å². The molecular formula is C14H14BrNO3S. The first-order chi connectivity index (χ1) is 9.49. The van der Waals surface area contributed by atoms with Gasteiger partial charge in [-0.2, -0.15) is 0 Å². The van der Waals surface area contributed by atoms with Gasteiger partial charge in [0.15, 0.2) is 0 Å².